The van der Waals surface area contributed by atoms with Crippen molar-refractivity contribution < 1.29 is 8.42 Å². The summed E-state index contributed by atoms with van der Waals surface area (Å²) in [7, 11) is -3.00. The van der Waals surface area contributed by atoms with Gasteiger partial charge in [-0.15, -0.1) is 11.3 Å². The summed E-state index contributed by atoms with van der Waals surface area (Å²) in [4.78, 5) is 5.33. The van der Waals surface area contributed by atoms with Gasteiger partial charge in [0.05, 0.1) is 5.69 Å². The van der Waals surface area contributed by atoms with E-state index in [4.69, 9.17) is 5.73 Å². The normalized spacial score (nSPS) is 11.9. The molecule has 0 spiro atoms. The minimum absolute atomic E-state index is 0.0222. The summed E-state index contributed by atoms with van der Waals surface area (Å²) in [6, 6.07) is 0. The molecule has 0 aromatic carbocycles. The molecule has 0 saturated heterocycles. The Morgan fingerprint density at radius 3 is 2.60 bits per heavy atom. The van der Waals surface area contributed by atoms with E-state index < -0.39 is 9.84 Å². The first kappa shape index (κ1) is 12.6. The highest BCUT2D eigenvalue weighted by Gasteiger charge is 2.13. The summed E-state index contributed by atoms with van der Waals surface area (Å²) >= 11 is 1.41. The topological polar surface area (TPSA) is 73.0 Å². The molecule has 0 amide bonds. The Balaban J connectivity index is 2.92. The van der Waals surface area contributed by atoms with E-state index >= 15 is 0 Å². The zero-order chi connectivity index (χ0) is 11.5. The zero-order valence-electron chi connectivity index (χ0n) is 8.99. The van der Waals surface area contributed by atoms with Crippen LogP contribution in [0.3, 0.4) is 0 Å². The Morgan fingerprint density at radius 2 is 2.13 bits per heavy atom. The molecule has 0 bridgehead atoms. The molecule has 0 radical (unpaired) electrons. The third-order valence-electron chi connectivity index (χ3n) is 1.88. The van der Waals surface area contributed by atoms with Gasteiger partial charge in [0.2, 0.25) is 0 Å². The summed E-state index contributed by atoms with van der Waals surface area (Å²) in [5.41, 5.74) is 6.54. The molecule has 0 atom stereocenters. The van der Waals surface area contributed by atoms with E-state index in [1.807, 2.05) is 0 Å². The summed E-state index contributed by atoms with van der Waals surface area (Å²) in [5, 5.41) is 0.654. The van der Waals surface area contributed by atoms with Gasteiger partial charge in [-0.1, -0.05) is 13.3 Å². The predicted molar refractivity (Wildman–Crippen MR) is 62.5 cm³/mol. The molecule has 0 saturated carbocycles. The third kappa shape index (κ3) is 3.89. The molecule has 2 N–H and O–H groups in total. The van der Waals surface area contributed by atoms with Crippen LogP contribution in [0.4, 0.5) is 0 Å². The Bertz CT molecular complexity index is 423. The summed E-state index contributed by atoms with van der Waals surface area (Å²) in [5.74, 6) is 0.0222. The monoisotopic (exact) mass is 248 g/mol. The number of aromatic nitrogens is 1. The highest BCUT2D eigenvalue weighted by Crippen LogP contribution is 2.21. The molecule has 1 aromatic heterocycles. The lowest BCUT2D eigenvalue weighted by molar-refractivity contribution is 0.601. The number of nitrogens with two attached hydrogens (primary N) is 1. The van der Waals surface area contributed by atoms with Gasteiger partial charge in [0, 0.05) is 17.7 Å². The van der Waals surface area contributed by atoms with E-state index in [9.17, 15) is 8.42 Å². The van der Waals surface area contributed by atoms with Crippen LogP contribution in [-0.2, 0) is 28.6 Å². The molecule has 1 aromatic rings. The lowest BCUT2D eigenvalue weighted by atomic mass is 10.2. The maximum absolute atomic E-state index is 11.1. The Labute approximate surface area is 94.4 Å². The van der Waals surface area contributed by atoms with Gasteiger partial charge < -0.3 is 5.73 Å². The van der Waals surface area contributed by atoms with Crippen LogP contribution in [0.5, 0.6) is 0 Å². The molecule has 86 valence electrons. The van der Waals surface area contributed by atoms with Crippen LogP contribution in [0, 0.1) is 0 Å². The number of hydrogen-bond donors (Lipinski definition) is 1. The van der Waals surface area contributed by atoms with Crippen LogP contribution < -0.4 is 5.73 Å². The first-order valence-electron chi connectivity index (χ1n) is 4.81. The van der Waals surface area contributed by atoms with Crippen molar-refractivity contribution in [3.05, 3.63) is 15.6 Å². The van der Waals surface area contributed by atoms with Crippen LogP contribution in [0.1, 0.15) is 28.9 Å². The van der Waals surface area contributed by atoms with Gasteiger partial charge in [-0.3, -0.25) is 0 Å². The second-order valence-corrected chi connectivity index (χ2v) is 6.81. The SMILES string of the molecule is CCCc1nc(CS(C)(=O)=O)sc1CN. The van der Waals surface area contributed by atoms with Gasteiger partial charge in [0.1, 0.15) is 10.8 Å². The van der Waals surface area contributed by atoms with Crippen LogP contribution in [-0.4, -0.2) is 19.7 Å². The average Bonchev–Trinajstić information content (AvgIpc) is 2.45. The van der Waals surface area contributed by atoms with E-state index in [0.29, 0.717) is 11.6 Å². The standard InChI is InChI=1S/C9H16N2O2S2/c1-3-4-7-8(5-10)14-9(11-7)6-15(2,12)13/h3-6,10H2,1-2H3. The number of hydrogen-bond acceptors (Lipinski definition) is 5. The number of sulfone groups is 1. The molecular weight excluding hydrogens is 232 g/mol. The van der Waals surface area contributed by atoms with Gasteiger partial charge >= 0.3 is 0 Å². The van der Waals surface area contributed by atoms with Crippen LogP contribution in [0.2, 0.25) is 0 Å². The van der Waals surface area contributed by atoms with Gasteiger partial charge in [-0.2, -0.15) is 0 Å². The highest BCUT2D eigenvalue weighted by molar-refractivity contribution is 7.90. The summed E-state index contributed by atoms with van der Waals surface area (Å²) in [6.07, 6.45) is 3.08. The molecule has 4 nitrogen and oxygen atoms in total. The molecule has 0 aliphatic heterocycles. The van der Waals surface area contributed by atoms with Crippen LogP contribution in [0.25, 0.3) is 0 Å². The Kier molecular flexibility index (Phi) is 4.24. The van der Waals surface area contributed by atoms with Crippen LogP contribution >= 0.6 is 11.3 Å². The average molecular weight is 248 g/mol. The molecule has 6 heteroatoms. The van der Waals surface area contributed by atoms with E-state index in [0.717, 1.165) is 23.4 Å². The number of aryl methyl sites for hydroxylation is 1. The molecule has 15 heavy (non-hydrogen) atoms. The smallest absolute Gasteiger partial charge is 0.153 e. The Hall–Kier alpha value is -0.460. The number of thiazole rings is 1. The molecule has 0 unspecified atom stereocenters. The van der Waals surface area contributed by atoms with E-state index in [1.54, 1.807) is 0 Å². The summed E-state index contributed by atoms with van der Waals surface area (Å²) < 4.78 is 22.2. The maximum Gasteiger partial charge on any atom is 0.153 e. The minimum atomic E-state index is -3.00. The molecule has 0 aliphatic rings. The van der Waals surface area contributed by atoms with E-state index in [2.05, 4.69) is 11.9 Å². The molecule has 1 heterocycles. The van der Waals surface area contributed by atoms with Crippen LogP contribution in [0.15, 0.2) is 0 Å². The van der Waals surface area contributed by atoms with Crippen molar-refractivity contribution in [2.75, 3.05) is 6.26 Å². The number of rotatable bonds is 5. The van der Waals surface area contributed by atoms with Crippen molar-refractivity contribution in [2.45, 2.75) is 32.1 Å². The Morgan fingerprint density at radius 1 is 1.47 bits per heavy atom. The maximum atomic E-state index is 11.1. The van der Waals surface area contributed by atoms with E-state index in [1.165, 1.54) is 17.6 Å². The molecule has 1 rings (SSSR count). The number of nitrogens with zero attached hydrogens (tertiary/aromatic N) is 1. The fraction of sp³-hybridized carbons (Fsp3) is 0.667. The summed E-state index contributed by atoms with van der Waals surface area (Å²) in [6.45, 7) is 2.51. The fourth-order valence-electron chi connectivity index (χ4n) is 1.31. The second-order valence-electron chi connectivity index (χ2n) is 3.50. The van der Waals surface area contributed by atoms with Gasteiger partial charge in [0.15, 0.2) is 9.84 Å². The largest absolute Gasteiger partial charge is 0.326 e. The highest BCUT2D eigenvalue weighted by atomic mass is 32.2. The molecule has 0 fully saturated rings. The molecule has 0 aliphatic carbocycles. The lowest BCUT2D eigenvalue weighted by Crippen LogP contribution is -2.00. The first-order chi connectivity index (χ1) is 6.96. The molecular formula is C9H16N2O2S2. The van der Waals surface area contributed by atoms with Gasteiger partial charge in [-0.05, 0) is 6.42 Å². The lowest BCUT2D eigenvalue weighted by Gasteiger charge is -1.94. The van der Waals surface area contributed by atoms with Crippen molar-refractivity contribution in [2.24, 2.45) is 5.73 Å². The van der Waals surface area contributed by atoms with Gasteiger partial charge in [-0.25, -0.2) is 13.4 Å². The van der Waals surface area contributed by atoms with Crippen molar-refractivity contribution in [1.82, 2.24) is 4.98 Å². The van der Waals surface area contributed by atoms with Crippen molar-refractivity contribution in [3.63, 3.8) is 0 Å². The van der Waals surface area contributed by atoms with Crippen molar-refractivity contribution in [1.29, 1.82) is 0 Å². The van der Waals surface area contributed by atoms with E-state index in [-0.39, 0.29) is 5.75 Å². The zero-order valence-corrected chi connectivity index (χ0v) is 10.6. The van der Waals surface area contributed by atoms with Crippen molar-refractivity contribution in [3.8, 4) is 0 Å². The van der Waals surface area contributed by atoms with Gasteiger partial charge in [0.25, 0.3) is 0 Å². The second kappa shape index (κ2) is 5.05. The minimum Gasteiger partial charge on any atom is -0.326 e. The fourth-order valence-corrected chi connectivity index (χ4v) is 3.49. The third-order valence-corrected chi connectivity index (χ3v) is 3.98. The van der Waals surface area contributed by atoms with Crippen molar-refractivity contribution >= 4 is 21.2 Å². The quantitative estimate of drug-likeness (QED) is 0.847. The first-order valence-corrected chi connectivity index (χ1v) is 7.69. The predicted octanol–water partition coefficient (Wildman–Crippen LogP) is 1.10.